The molecule has 130 valence electrons. The first kappa shape index (κ1) is 16.1. The number of carbonyl (C=O) groups excluding carboxylic acids is 2. The molecule has 0 saturated carbocycles. The number of thioether (sulfide) groups is 1. The van der Waals surface area contributed by atoms with Crippen LogP contribution in [0.15, 0.2) is 53.6 Å². The van der Waals surface area contributed by atoms with Gasteiger partial charge in [-0.3, -0.25) is 25.1 Å². The maximum Gasteiger partial charge on any atom is 0.282 e. The lowest BCUT2D eigenvalue weighted by molar-refractivity contribution is -0.384. The average molecular weight is 369 g/mol. The fraction of sp³-hybridized carbons (Fsp3) is 0.0625. The van der Waals surface area contributed by atoms with Crippen LogP contribution >= 0.6 is 11.8 Å². The van der Waals surface area contributed by atoms with E-state index in [1.807, 2.05) is 0 Å². The van der Waals surface area contributed by atoms with Crippen LogP contribution in [0.1, 0.15) is 5.56 Å². The number of hydrazone groups is 1. The van der Waals surface area contributed by atoms with E-state index >= 15 is 0 Å². The van der Waals surface area contributed by atoms with E-state index in [4.69, 9.17) is 0 Å². The van der Waals surface area contributed by atoms with E-state index in [2.05, 4.69) is 21.2 Å². The van der Waals surface area contributed by atoms with Crippen LogP contribution < -0.4 is 16.1 Å². The number of carbonyl (C=O) groups is 2. The number of nitro groups is 1. The number of hydrogen-bond acceptors (Lipinski definition) is 7. The van der Waals surface area contributed by atoms with Gasteiger partial charge in [-0.2, -0.15) is 5.10 Å². The van der Waals surface area contributed by atoms with Crippen molar-refractivity contribution in [3.05, 3.63) is 64.2 Å². The largest absolute Gasteiger partial charge is 0.323 e. The number of non-ortho nitro benzene ring substituents is 1. The molecule has 2 aromatic carbocycles. The molecule has 2 aliphatic rings. The van der Waals surface area contributed by atoms with E-state index in [1.165, 1.54) is 24.3 Å². The number of benzene rings is 2. The standard InChI is InChI=1S/C16H11N5O4S/c22-13(17-9-5-7-10(8-6-9)21(24)25)14-19-20-16(26-14)11-3-1-2-4-12(11)18-15(16)23/h1-8,20H,(H,17,22)(H,18,23). The number of para-hydroxylation sites is 1. The SMILES string of the molecule is O=C(Nc1ccc([N+](=O)[O-])cc1)C1=NNC2(S1)C(=O)Nc1ccccc12. The maximum atomic E-state index is 12.4. The minimum absolute atomic E-state index is 0.0737. The first-order chi connectivity index (χ1) is 12.5. The Morgan fingerprint density at radius 3 is 2.65 bits per heavy atom. The van der Waals surface area contributed by atoms with Crippen molar-refractivity contribution in [1.82, 2.24) is 5.43 Å². The predicted octanol–water partition coefficient (Wildman–Crippen LogP) is 1.99. The molecular formula is C16H11N5O4S. The van der Waals surface area contributed by atoms with Crippen molar-refractivity contribution in [2.24, 2.45) is 5.10 Å². The summed E-state index contributed by atoms with van der Waals surface area (Å²) in [4.78, 5) is 33.8. The molecule has 1 unspecified atom stereocenters. The second kappa shape index (κ2) is 5.85. The molecule has 1 atom stereocenters. The van der Waals surface area contributed by atoms with Gasteiger partial charge >= 0.3 is 0 Å². The molecule has 26 heavy (non-hydrogen) atoms. The molecule has 4 rings (SSSR count). The van der Waals surface area contributed by atoms with Crippen LogP contribution in [0, 0.1) is 10.1 Å². The van der Waals surface area contributed by atoms with Gasteiger partial charge in [0.25, 0.3) is 17.5 Å². The molecule has 0 aliphatic carbocycles. The normalized spacial score (nSPS) is 20.2. The van der Waals surface area contributed by atoms with Crippen LogP contribution in [0.2, 0.25) is 0 Å². The van der Waals surface area contributed by atoms with Crippen molar-refractivity contribution in [1.29, 1.82) is 0 Å². The van der Waals surface area contributed by atoms with Gasteiger partial charge in [-0.05, 0) is 18.2 Å². The fourth-order valence-electron chi connectivity index (χ4n) is 2.71. The Hall–Kier alpha value is -3.40. The van der Waals surface area contributed by atoms with Crippen LogP contribution in [0.5, 0.6) is 0 Å². The van der Waals surface area contributed by atoms with Crippen molar-refractivity contribution >= 4 is 45.7 Å². The highest BCUT2D eigenvalue weighted by Gasteiger charge is 2.52. The molecular weight excluding hydrogens is 358 g/mol. The minimum atomic E-state index is -1.17. The molecule has 0 bridgehead atoms. The third kappa shape index (κ3) is 2.47. The van der Waals surface area contributed by atoms with Gasteiger partial charge in [0.15, 0.2) is 5.04 Å². The van der Waals surface area contributed by atoms with Crippen LogP contribution in [0.4, 0.5) is 17.1 Å². The Morgan fingerprint density at radius 1 is 1.19 bits per heavy atom. The number of fused-ring (bicyclic) bond motifs is 2. The number of amides is 2. The minimum Gasteiger partial charge on any atom is -0.323 e. The molecule has 2 aliphatic heterocycles. The topological polar surface area (TPSA) is 126 Å². The van der Waals surface area contributed by atoms with Crippen LogP contribution in [0.3, 0.4) is 0 Å². The smallest absolute Gasteiger partial charge is 0.282 e. The molecule has 3 N–H and O–H groups in total. The summed E-state index contributed by atoms with van der Waals surface area (Å²) in [6.07, 6.45) is 0. The summed E-state index contributed by atoms with van der Waals surface area (Å²) in [5.74, 6) is -0.809. The Morgan fingerprint density at radius 2 is 1.92 bits per heavy atom. The zero-order valence-electron chi connectivity index (χ0n) is 13.1. The summed E-state index contributed by atoms with van der Waals surface area (Å²) in [5.41, 5.74) is 4.46. The van der Waals surface area contributed by atoms with Gasteiger partial charge in [0.2, 0.25) is 4.87 Å². The molecule has 0 aromatic heterocycles. The highest BCUT2D eigenvalue weighted by atomic mass is 32.2. The van der Waals surface area contributed by atoms with E-state index in [0.717, 1.165) is 11.8 Å². The number of nitrogens with one attached hydrogen (secondary N) is 3. The summed E-state index contributed by atoms with van der Waals surface area (Å²) in [6.45, 7) is 0. The van der Waals surface area contributed by atoms with E-state index in [-0.39, 0.29) is 16.6 Å². The van der Waals surface area contributed by atoms with Crippen molar-refractivity contribution in [2.45, 2.75) is 4.87 Å². The predicted molar refractivity (Wildman–Crippen MR) is 96.6 cm³/mol. The zero-order valence-corrected chi connectivity index (χ0v) is 13.9. The van der Waals surface area contributed by atoms with Crippen molar-refractivity contribution < 1.29 is 14.5 Å². The van der Waals surface area contributed by atoms with Crippen LogP contribution in [-0.4, -0.2) is 21.8 Å². The van der Waals surface area contributed by atoms with Crippen molar-refractivity contribution in [3.63, 3.8) is 0 Å². The highest BCUT2D eigenvalue weighted by Crippen LogP contribution is 2.46. The zero-order chi connectivity index (χ0) is 18.3. The van der Waals surface area contributed by atoms with Gasteiger partial charge in [-0.15, -0.1) is 0 Å². The second-order valence-corrected chi connectivity index (χ2v) is 6.77. The number of anilines is 2. The van der Waals surface area contributed by atoms with Gasteiger partial charge in [-0.25, -0.2) is 0 Å². The van der Waals surface area contributed by atoms with E-state index in [1.54, 1.807) is 24.3 Å². The molecule has 9 nitrogen and oxygen atoms in total. The van der Waals surface area contributed by atoms with E-state index in [0.29, 0.717) is 16.9 Å². The average Bonchev–Trinajstić information content (AvgIpc) is 3.19. The van der Waals surface area contributed by atoms with Gasteiger partial charge in [0.1, 0.15) is 0 Å². The second-order valence-electron chi connectivity index (χ2n) is 5.57. The number of nitrogens with zero attached hydrogens (tertiary/aromatic N) is 2. The van der Waals surface area contributed by atoms with Crippen molar-refractivity contribution in [2.75, 3.05) is 10.6 Å². The maximum absolute atomic E-state index is 12.4. The van der Waals surface area contributed by atoms with Crippen LogP contribution in [0.25, 0.3) is 0 Å². The molecule has 2 heterocycles. The van der Waals surface area contributed by atoms with E-state index in [9.17, 15) is 19.7 Å². The molecule has 2 aromatic rings. The number of hydrogen-bond donors (Lipinski definition) is 3. The van der Waals surface area contributed by atoms with Gasteiger partial charge in [0, 0.05) is 29.1 Å². The third-order valence-corrected chi connectivity index (χ3v) is 5.24. The highest BCUT2D eigenvalue weighted by molar-refractivity contribution is 8.17. The Bertz CT molecular complexity index is 975. The fourth-order valence-corrected chi connectivity index (χ4v) is 3.76. The summed E-state index contributed by atoms with van der Waals surface area (Å²) in [5, 5.41) is 20.1. The van der Waals surface area contributed by atoms with E-state index < -0.39 is 15.7 Å². The van der Waals surface area contributed by atoms with Gasteiger partial charge < -0.3 is 10.6 Å². The van der Waals surface area contributed by atoms with Gasteiger partial charge in [-0.1, -0.05) is 30.0 Å². The first-order valence-corrected chi connectivity index (χ1v) is 8.32. The number of nitro benzene ring substituents is 1. The summed E-state index contributed by atoms with van der Waals surface area (Å²) in [6, 6.07) is 12.6. The lowest BCUT2D eigenvalue weighted by Crippen LogP contribution is -2.39. The lowest BCUT2D eigenvalue weighted by atomic mass is 10.1. The summed E-state index contributed by atoms with van der Waals surface area (Å²) < 4.78 is 0. The molecule has 0 radical (unpaired) electrons. The van der Waals surface area contributed by atoms with Gasteiger partial charge in [0.05, 0.1) is 4.92 Å². The number of rotatable bonds is 3. The molecule has 0 saturated heterocycles. The molecule has 0 fully saturated rings. The molecule has 2 amide bonds. The third-order valence-electron chi connectivity index (χ3n) is 3.97. The van der Waals surface area contributed by atoms with Crippen LogP contribution in [-0.2, 0) is 14.5 Å². The Labute approximate surface area is 151 Å². The Kier molecular flexibility index (Phi) is 3.62. The lowest BCUT2D eigenvalue weighted by Gasteiger charge is -2.19. The monoisotopic (exact) mass is 369 g/mol. The Balaban J connectivity index is 1.51. The molecule has 10 heteroatoms. The molecule has 1 spiro atoms. The first-order valence-electron chi connectivity index (χ1n) is 7.50. The quantitative estimate of drug-likeness (QED) is 0.561. The summed E-state index contributed by atoms with van der Waals surface area (Å²) >= 11 is 1.01. The summed E-state index contributed by atoms with van der Waals surface area (Å²) in [7, 11) is 0. The van der Waals surface area contributed by atoms with Crippen molar-refractivity contribution in [3.8, 4) is 0 Å².